The summed E-state index contributed by atoms with van der Waals surface area (Å²) in [6.07, 6.45) is 8.21. The molecule has 2 aromatic heterocycles. The lowest BCUT2D eigenvalue weighted by molar-refractivity contribution is -0.125. The number of pyridine rings is 1. The predicted octanol–water partition coefficient (Wildman–Crippen LogP) is 2.88. The average Bonchev–Trinajstić information content (AvgIpc) is 3.16. The topological polar surface area (TPSA) is 59.3 Å². The third kappa shape index (κ3) is 2.91. The summed E-state index contributed by atoms with van der Waals surface area (Å²) in [4.78, 5) is 12.4. The van der Waals surface area contributed by atoms with Crippen LogP contribution in [0.25, 0.3) is 5.65 Å². The smallest absolute Gasteiger partial charge is 0.223 e. The van der Waals surface area contributed by atoms with Gasteiger partial charge in [-0.1, -0.05) is 32.3 Å². The van der Waals surface area contributed by atoms with Crippen LogP contribution in [0.1, 0.15) is 57.3 Å². The molecule has 0 saturated heterocycles. The number of aromatic nitrogens is 3. The fourth-order valence-corrected chi connectivity index (χ4v) is 3.13. The van der Waals surface area contributed by atoms with Crippen molar-refractivity contribution >= 4 is 11.6 Å². The van der Waals surface area contributed by atoms with Crippen molar-refractivity contribution in [2.24, 2.45) is 5.92 Å². The molecule has 2 heterocycles. The average molecular weight is 286 g/mol. The van der Waals surface area contributed by atoms with Gasteiger partial charge in [0.2, 0.25) is 5.91 Å². The number of amides is 1. The molecule has 0 bridgehead atoms. The zero-order valence-electron chi connectivity index (χ0n) is 12.5. The number of rotatable bonds is 5. The lowest BCUT2D eigenvalue weighted by atomic mass is 10.1. The molecule has 1 N–H and O–H groups in total. The second-order valence-corrected chi connectivity index (χ2v) is 5.82. The van der Waals surface area contributed by atoms with Crippen molar-refractivity contribution < 1.29 is 4.79 Å². The van der Waals surface area contributed by atoms with E-state index in [0.717, 1.165) is 37.2 Å². The summed E-state index contributed by atoms with van der Waals surface area (Å²) in [7, 11) is 0. The highest BCUT2D eigenvalue weighted by Gasteiger charge is 2.26. The van der Waals surface area contributed by atoms with Crippen molar-refractivity contribution in [1.82, 2.24) is 19.9 Å². The number of hydrogen-bond acceptors (Lipinski definition) is 3. The van der Waals surface area contributed by atoms with Crippen LogP contribution in [0.3, 0.4) is 0 Å². The van der Waals surface area contributed by atoms with Crippen LogP contribution in [0.2, 0.25) is 0 Å². The predicted molar refractivity (Wildman–Crippen MR) is 80.7 cm³/mol. The Morgan fingerprint density at radius 2 is 2.19 bits per heavy atom. The van der Waals surface area contributed by atoms with Gasteiger partial charge < -0.3 is 5.32 Å². The van der Waals surface area contributed by atoms with E-state index in [9.17, 15) is 4.79 Å². The minimum absolute atomic E-state index is 0.0551. The largest absolute Gasteiger partial charge is 0.346 e. The van der Waals surface area contributed by atoms with Crippen molar-refractivity contribution in [3.05, 3.63) is 30.2 Å². The van der Waals surface area contributed by atoms with Crippen LogP contribution < -0.4 is 5.32 Å². The molecule has 21 heavy (non-hydrogen) atoms. The van der Waals surface area contributed by atoms with E-state index >= 15 is 0 Å². The maximum atomic E-state index is 12.4. The van der Waals surface area contributed by atoms with Gasteiger partial charge >= 0.3 is 0 Å². The van der Waals surface area contributed by atoms with E-state index in [1.807, 2.05) is 28.8 Å². The fraction of sp³-hybridized carbons (Fsp3) is 0.562. The minimum Gasteiger partial charge on any atom is -0.346 e. The molecule has 112 valence electrons. The molecule has 1 aliphatic rings. The molecular formula is C16H22N4O. The standard InChI is InChI=1S/C16H22N4O/c1-2-7-13(17-16(21)12-8-3-4-9-12)15-19-18-14-10-5-6-11-20(14)15/h5-6,10-13H,2-4,7-9H2,1H3,(H,17,21). The van der Waals surface area contributed by atoms with Crippen LogP contribution in [0.15, 0.2) is 24.4 Å². The maximum absolute atomic E-state index is 12.4. The first-order valence-corrected chi connectivity index (χ1v) is 7.89. The number of fused-ring (bicyclic) bond motifs is 1. The van der Waals surface area contributed by atoms with Crippen LogP contribution in [0.4, 0.5) is 0 Å². The van der Waals surface area contributed by atoms with E-state index in [0.29, 0.717) is 0 Å². The lowest BCUT2D eigenvalue weighted by Gasteiger charge is -2.19. The van der Waals surface area contributed by atoms with E-state index in [1.54, 1.807) is 0 Å². The van der Waals surface area contributed by atoms with Gasteiger partial charge in [-0.2, -0.15) is 0 Å². The Hall–Kier alpha value is -1.91. The van der Waals surface area contributed by atoms with Gasteiger partial charge in [-0.25, -0.2) is 0 Å². The van der Waals surface area contributed by atoms with E-state index in [2.05, 4.69) is 22.4 Å². The van der Waals surface area contributed by atoms with Crippen LogP contribution >= 0.6 is 0 Å². The number of carbonyl (C=O) groups excluding carboxylic acids is 1. The third-order valence-electron chi connectivity index (χ3n) is 4.27. The third-order valence-corrected chi connectivity index (χ3v) is 4.27. The molecule has 1 aliphatic carbocycles. The molecule has 5 nitrogen and oxygen atoms in total. The summed E-state index contributed by atoms with van der Waals surface area (Å²) in [5, 5.41) is 11.7. The van der Waals surface area contributed by atoms with Crippen molar-refractivity contribution in [3.8, 4) is 0 Å². The molecule has 3 rings (SSSR count). The molecule has 0 aromatic carbocycles. The molecule has 1 atom stereocenters. The monoisotopic (exact) mass is 286 g/mol. The van der Waals surface area contributed by atoms with Gasteiger partial charge in [0, 0.05) is 12.1 Å². The van der Waals surface area contributed by atoms with E-state index in [-0.39, 0.29) is 17.9 Å². The van der Waals surface area contributed by atoms with Gasteiger partial charge in [0.1, 0.15) is 0 Å². The Morgan fingerprint density at radius 1 is 1.38 bits per heavy atom. The van der Waals surface area contributed by atoms with Gasteiger partial charge in [0.05, 0.1) is 6.04 Å². The summed E-state index contributed by atoms with van der Waals surface area (Å²) in [5.74, 6) is 1.20. The molecule has 1 saturated carbocycles. The molecule has 1 amide bonds. The summed E-state index contributed by atoms with van der Waals surface area (Å²) in [6.45, 7) is 2.12. The van der Waals surface area contributed by atoms with Gasteiger partial charge in [-0.15, -0.1) is 10.2 Å². The summed E-state index contributed by atoms with van der Waals surface area (Å²) >= 11 is 0. The highest BCUT2D eigenvalue weighted by Crippen LogP contribution is 2.26. The Bertz CT molecular complexity index is 616. The van der Waals surface area contributed by atoms with Crippen LogP contribution in [-0.2, 0) is 4.79 Å². The van der Waals surface area contributed by atoms with Crippen molar-refractivity contribution in [2.45, 2.75) is 51.5 Å². The molecule has 0 aliphatic heterocycles. The number of hydrogen-bond donors (Lipinski definition) is 1. The van der Waals surface area contributed by atoms with Gasteiger partial charge in [-0.05, 0) is 31.4 Å². The number of nitrogens with one attached hydrogen (secondary N) is 1. The summed E-state index contributed by atoms with van der Waals surface area (Å²) < 4.78 is 1.97. The number of carbonyl (C=O) groups is 1. The van der Waals surface area contributed by atoms with Gasteiger partial charge in [0.25, 0.3) is 0 Å². The molecule has 1 fully saturated rings. The van der Waals surface area contributed by atoms with Crippen LogP contribution in [0.5, 0.6) is 0 Å². The molecule has 5 heteroatoms. The van der Waals surface area contributed by atoms with E-state index < -0.39 is 0 Å². The zero-order valence-corrected chi connectivity index (χ0v) is 12.5. The van der Waals surface area contributed by atoms with Crippen molar-refractivity contribution in [2.75, 3.05) is 0 Å². The zero-order chi connectivity index (χ0) is 14.7. The van der Waals surface area contributed by atoms with Crippen LogP contribution in [0, 0.1) is 5.92 Å². The second kappa shape index (κ2) is 6.24. The molecule has 0 radical (unpaired) electrons. The van der Waals surface area contributed by atoms with Gasteiger partial charge in [0.15, 0.2) is 11.5 Å². The number of nitrogens with zero attached hydrogens (tertiary/aromatic N) is 3. The SMILES string of the molecule is CCCC(NC(=O)C1CCCC1)c1nnc2ccccn12. The Kier molecular flexibility index (Phi) is 4.18. The maximum Gasteiger partial charge on any atom is 0.223 e. The highest BCUT2D eigenvalue weighted by atomic mass is 16.2. The first-order chi connectivity index (χ1) is 10.3. The Labute approximate surface area is 124 Å². The summed E-state index contributed by atoms with van der Waals surface area (Å²) in [6, 6.07) is 5.78. The minimum atomic E-state index is -0.0551. The molecule has 0 spiro atoms. The van der Waals surface area contributed by atoms with E-state index in [4.69, 9.17) is 0 Å². The first-order valence-electron chi connectivity index (χ1n) is 7.89. The van der Waals surface area contributed by atoms with Crippen molar-refractivity contribution in [1.29, 1.82) is 0 Å². The quantitative estimate of drug-likeness (QED) is 0.919. The Balaban J connectivity index is 1.82. The molecule has 2 aromatic rings. The van der Waals surface area contributed by atoms with Crippen LogP contribution in [-0.4, -0.2) is 20.5 Å². The first kappa shape index (κ1) is 14.0. The lowest BCUT2D eigenvalue weighted by Crippen LogP contribution is -2.34. The summed E-state index contributed by atoms with van der Waals surface area (Å²) in [5.41, 5.74) is 0.823. The van der Waals surface area contributed by atoms with E-state index in [1.165, 1.54) is 12.8 Å². The van der Waals surface area contributed by atoms with Gasteiger partial charge in [-0.3, -0.25) is 9.20 Å². The molecule has 1 unspecified atom stereocenters. The normalized spacial score (nSPS) is 17.2. The Morgan fingerprint density at radius 3 is 2.95 bits per heavy atom. The second-order valence-electron chi connectivity index (χ2n) is 5.82. The fourth-order valence-electron chi connectivity index (χ4n) is 3.13. The molecular weight excluding hydrogens is 264 g/mol. The highest BCUT2D eigenvalue weighted by molar-refractivity contribution is 5.79. The van der Waals surface area contributed by atoms with Crippen molar-refractivity contribution in [3.63, 3.8) is 0 Å².